The number of alkyl halides is 3. The molecule has 1 aromatic carbocycles. The predicted molar refractivity (Wildman–Crippen MR) is 56.9 cm³/mol. The van der Waals surface area contributed by atoms with Crippen molar-refractivity contribution in [2.45, 2.75) is 12.4 Å². The average molecular weight is 260 g/mol. The fourth-order valence-electron chi connectivity index (χ4n) is 1.76. The van der Waals surface area contributed by atoms with Crippen molar-refractivity contribution in [1.82, 2.24) is 10.6 Å². The van der Waals surface area contributed by atoms with E-state index in [1.165, 1.54) is 18.2 Å². The van der Waals surface area contributed by atoms with Gasteiger partial charge < -0.3 is 15.4 Å². The summed E-state index contributed by atoms with van der Waals surface area (Å²) in [5.74, 6) is -0.592. The highest BCUT2D eigenvalue weighted by Gasteiger charge is 2.31. The lowest BCUT2D eigenvalue weighted by molar-refractivity contribution is -0.274. The Bertz CT molecular complexity index is 448. The lowest BCUT2D eigenvalue weighted by Crippen LogP contribution is -2.47. The summed E-state index contributed by atoms with van der Waals surface area (Å²) in [5, 5.41) is 5.56. The van der Waals surface area contributed by atoms with Crippen molar-refractivity contribution < 1.29 is 22.7 Å². The van der Waals surface area contributed by atoms with Crippen LogP contribution in [-0.4, -0.2) is 25.4 Å². The van der Waals surface area contributed by atoms with E-state index in [2.05, 4.69) is 15.4 Å². The molecule has 0 spiro atoms. The fraction of sp³-hybridized carbons (Fsp3) is 0.364. The SMILES string of the molecule is O=C1NCCN[C@H]1c1cccc(OC(F)(F)F)c1. The highest BCUT2D eigenvalue weighted by atomic mass is 19.4. The van der Waals surface area contributed by atoms with Crippen molar-refractivity contribution in [1.29, 1.82) is 0 Å². The van der Waals surface area contributed by atoms with Crippen molar-refractivity contribution in [3.8, 4) is 5.75 Å². The summed E-state index contributed by atoms with van der Waals surface area (Å²) < 4.78 is 40.0. The minimum Gasteiger partial charge on any atom is -0.406 e. The van der Waals surface area contributed by atoms with Gasteiger partial charge in [0.2, 0.25) is 5.91 Å². The van der Waals surface area contributed by atoms with E-state index in [0.29, 0.717) is 18.7 Å². The molecule has 1 saturated heterocycles. The number of hydrogen-bond donors (Lipinski definition) is 2. The van der Waals surface area contributed by atoms with Gasteiger partial charge in [0, 0.05) is 13.1 Å². The Morgan fingerprint density at radius 2 is 2.06 bits per heavy atom. The van der Waals surface area contributed by atoms with Crippen LogP contribution in [0.2, 0.25) is 0 Å². The molecule has 0 saturated carbocycles. The van der Waals surface area contributed by atoms with Crippen LogP contribution in [0, 0.1) is 0 Å². The molecule has 1 amide bonds. The summed E-state index contributed by atoms with van der Waals surface area (Å²) in [4.78, 5) is 11.6. The molecule has 1 atom stereocenters. The smallest absolute Gasteiger partial charge is 0.406 e. The largest absolute Gasteiger partial charge is 0.573 e. The van der Waals surface area contributed by atoms with Crippen LogP contribution in [0.1, 0.15) is 11.6 Å². The third kappa shape index (κ3) is 3.13. The van der Waals surface area contributed by atoms with Crippen LogP contribution in [0.25, 0.3) is 0 Å². The zero-order chi connectivity index (χ0) is 13.2. The first-order chi connectivity index (χ1) is 8.46. The van der Waals surface area contributed by atoms with Gasteiger partial charge in [0.15, 0.2) is 0 Å². The van der Waals surface area contributed by atoms with Crippen LogP contribution in [0.4, 0.5) is 13.2 Å². The number of hydrogen-bond acceptors (Lipinski definition) is 3. The van der Waals surface area contributed by atoms with E-state index < -0.39 is 12.4 Å². The van der Waals surface area contributed by atoms with Crippen molar-refractivity contribution in [3.63, 3.8) is 0 Å². The minimum absolute atomic E-state index is 0.259. The van der Waals surface area contributed by atoms with Crippen LogP contribution in [0.3, 0.4) is 0 Å². The summed E-state index contributed by atoms with van der Waals surface area (Å²) in [6, 6.07) is 4.75. The molecule has 0 aromatic heterocycles. The molecule has 1 heterocycles. The zero-order valence-corrected chi connectivity index (χ0v) is 9.25. The molecule has 0 bridgehead atoms. The highest BCUT2D eigenvalue weighted by molar-refractivity contribution is 5.84. The number of carbonyl (C=O) groups excluding carboxylic acids is 1. The Kier molecular flexibility index (Phi) is 3.42. The maximum Gasteiger partial charge on any atom is 0.573 e. The van der Waals surface area contributed by atoms with Crippen LogP contribution in [-0.2, 0) is 4.79 Å². The number of ether oxygens (including phenoxy) is 1. The molecule has 2 N–H and O–H groups in total. The Morgan fingerprint density at radius 1 is 1.28 bits per heavy atom. The van der Waals surface area contributed by atoms with Crippen LogP contribution in [0.5, 0.6) is 5.75 Å². The van der Waals surface area contributed by atoms with Gasteiger partial charge in [-0.25, -0.2) is 0 Å². The molecular weight excluding hydrogens is 249 g/mol. The minimum atomic E-state index is -4.74. The van der Waals surface area contributed by atoms with Gasteiger partial charge >= 0.3 is 6.36 Å². The van der Waals surface area contributed by atoms with Gasteiger partial charge in [0.25, 0.3) is 0 Å². The second kappa shape index (κ2) is 4.85. The van der Waals surface area contributed by atoms with Crippen LogP contribution >= 0.6 is 0 Å². The maximum atomic E-state index is 12.1. The van der Waals surface area contributed by atoms with Crippen molar-refractivity contribution >= 4 is 5.91 Å². The Balaban J connectivity index is 2.18. The van der Waals surface area contributed by atoms with Gasteiger partial charge in [0.1, 0.15) is 11.8 Å². The Morgan fingerprint density at radius 3 is 2.72 bits per heavy atom. The van der Waals surface area contributed by atoms with E-state index in [-0.39, 0.29) is 11.7 Å². The molecule has 0 aliphatic carbocycles. The number of benzene rings is 1. The molecule has 1 fully saturated rings. The molecule has 2 rings (SSSR count). The third-order valence-electron chi connectivity index (χ3n) is 2.46. The number of halogens is 3. The van der Waals surface area contributed by atoms with E-state index in [4.69, 9.17) is 0 Å². The number of nitrogens with one attached hydrogen (secondary N) is 2. The summed E-state index contributed by atoms with van der Waals surface area (Å²) in [7, 11) is 0. The number of carbonyl (C=O) groups is 1. The Labute approximate surface area is 101 Å². The lowest BCUT2D eigenvalue weighted by atomic mass is 10.0. The molecule has 98 valence electrons. The van der Waals surface area contributed by atoms with Gasteiger partial charge in [-0.3, -0.25) is 4.79 Å². The van der Waals surface area contributed by atoms with Crippen LogP contribution in [0.15, 0.2) is 24.3 Å². The fourth-order valence-corrected chi connectivity index (χ4v) is 1.76. The first kappa shape index (κ1) is 12.7. The Hall–Kier alpha value is -1.76. The van der Waals surface area contributed by atoms with E-state index in [1.54, 1.807) is 6.07 Å². The topological polar surface area (TPSA) is 50.4 Å². The van der Waals surface area contributed by atoms with Gasteiger partial charge in [-0.1, -0.05) is 12.1 Å². The molecule has 1 aliphatic rings. The molecule has 0 radical (unpaired) electrons. The summed E-state index contributed by atoms with van der Waals surface area (Å²) in [6.07, 6.45) is -4.74. The first-order valence-electron chi connectivity index (χ1n) is 5.32. The van der Waals surface area contributed by atoms with E-state index in [1.807, 2.05) is 0 Å². The molecule has 1 aromatic rings. The van der Waals surface area contributed by atoms with Crippen molar-refractivity contribution in [3.05, 3.63) is 29.8 Å². The summed E-state index contributed by atoms with van der Waals surface area (Å²) in [5.41, 5.74) is 0.439. The molecule has 4 nitrogen and oxygen atoms in total. The molecular formula is C11H11F3N2O2. The highest BCUT2D eigenvalue weighted by Crippen LogP contribution is 2.25. The number of piperazine rings is 1. The predicted octanol–water partition coefficient (Wildman–Crippen LogP) is 1.35. The third-order valence-corrected chi connectivity index (χ3v) is 2.46. The molecule has 1 aliphatic heterocycles. The first-order valence-corrected chi connectivity index (χ1v) is 5.32. The van der Waals surface area contributed by atoms with E-state index >= 15 is 0 Å². The van der Waals surface area contributed by atoms with E-state index in [9.17, 15) is 18.0 Å². The van der Waals surface area contributed by atoms with E-state index in [0.717, 1.165) is 0 Å². The summed E-state index contributed by atoms with van der Waals surface area (Å²) in [6.45, 7) is 1.08. The second-order valence-corrected chi connectivity index (χ2v) is 3.80. The van der Waals surface area contributed by atoms with Crippen molar-refractivity contribution in [2.75, 3.05) is 13.1 Å². The van der Waals surface area contributed by atoms with Gasteiger partial charge in [-0.15, -0.1) is 13.2 Å². The second-order valence-electron chi connectivity index (χ2n) is 3.80. The van der Waals surface area contributed by atoms with Gasteiger partial charge in [0.05, 0.1) is 0 Å². The van der Waals surface area contributed by atoms with Gasteiger partial charge in [-0.05, 0) is 17.7 Å². The van der Waals surface area contributed by atoms with Crippen LogP contribution < -0.4 is 15.4 Å². The molecule has 18 heavy (non-hydrogen) atoms. The zero-order valence-electron chi connectivity index (χ0n) is 9.25. The normalized spacial score (nSPS) is 20.4. The van der Waals surface area contributed by atoms with Gasteiger partial charge in [-0.2, -0.15) is 0 Å². The average Bonchev–Trinajstić information content (AvgIpc) is 2.27. The molecule has 0 unspecified atom stereocenters. The standard InChI is InChI=1S/C11H11F3N2O2/c12-11(13,14)18-8-3-1-2-7(6-8)9-10(17)16-5-4-15-9/h1-3,6,9,15H,4-5H2,(H,16,17)/t9-/m0/s1. The summed E-state index contributed by atoms with van der Waals surface area (Å²) >= 11 is 0. The maximum absolute atomic E-state index is 12.1. The number of amides is 1. The molecule has 7 heteroatoms. The van der Waals surface area contributed by atoms with Crippen molar-refractivity contribution in [2.24, 2.45) is 0 Å². The number of rotatable bonds is 2. The lowest BCUT2D eigenvalue weighted by Gasteiger charge is -2.24. The quantitative estimate of drug-likeness (QED) is 0.843. The monoisotopic (exact) mass is 260 g/mol.